The topological polar surface area (TPSA) is 73.9 Å². The molecule has 0 atom stereocenters. The molecule has 0 spiro atoms. The highest BCUT2D eigenvalue weighted by molar-refractivity contribution is 6.15. The number of ether oxygens (including phenoxy) is 3. The van der Waals surface area contributed by atoms with Gasteiger partial charge < -0.3 is 19.5 Å². The molecule has 0 radical (unpaired) electrons. The van der Waals surface area contributed by atoms with Crippen molar-refractivity contribution in [3.63, 3.8) is 0 Å². The Morgan fingerprint density at radius 1 is 1.00 bits per heavy atom. The van der Waals surface area contributed by atoms with E-state index in [1.54, 1.807) is 36.4 Å². The first-order valence-electron chi connectivity index (χ1n) is 8.23. The number of hydrogen-bond donors (Lipinski definition) is 1. The van der Waals surface area contributed by atoms with Gasteiger partial charge in [-0.15, -0.1) is 0 Å². The SMILES string of the molecule is CC1(C)OC(=O)C(=CNc2ccc(OCc3ccc(F)cc3)cc2)C(=O)O1. The molecule has 3 rings (SSSR count). The molecule has 1 heterocycles. The Hall–Kier alpha value is -3.35. The van der Waals surface area contributed by atoms with E-state index in [0.29, 0.717) is 18.0 Å². The second-order valence-corrected chi connectivity index (χ2v) is 6.32. The molecule has 2 aromatic carbocycles. The van der Waals surface area contributed by atoms with Crippen LogP contribution in [-0.2, 0) is 25.7 Å². The summed E-state index contributed by atoms with van der Waals surface area (Å²) >= 11 is 0. The summed E-state index contributed by atoms with van der Waals surface area (Å²) in [7, 11) is 0. The molecular weight excluding hydrogens is 353 g/mol. The lowest BCUT2D eigenvalue weighted by Crippen LogP contribution is -2.42. The molecule has 0 unspecified atom stereocenters. The fourth-order valence-corrected chi connectivity index (χ4v) is 2.33. The van der Waals surface area contributed by atoms with Crippen LogP contribution in [-0.4, -0.2) is 17.7 Å². The molecule has 1 saturated heterocycles. The molecule has 6 nitrogen and oxygen atoms in total. The maximum atomic E-state index is 12.9. The van der Waals surface area contributed by atoms with Crippen LogP contribution in [0.15, 0.2) is 60.3 Å². The smallest absolute Gasteiger partial charge is 0.350 e. The molecule has 1 aliphatic rings. The fraction of sp³-hybridized carbons (Fsp3) is 0.200. The van der Waals surface area contributed by atoms with Gasteiger partial charge in [0.2, 0.25) is 0 Å². The third kappa shape index (κ3) is 4.84. The zero-order chi connectivity index (χ0) is 19.4. The summed E-state index contributed by atoms with van der Waals surface area (Å²) in [5.41, 5.74) is 1.27. The first-order chi connectivity index (χ1) is 12.8. The van der Waals surface area contributed by atoms with E-state index in [0.717, 1.165) is 5.56 Å². The monoisotopic (exact) mass is 371 g/mol. The third-order valence-corrected chi connectivity index (χ3v) is 3.67. The molecule has 0 aromatic heterocycles. The van der Waals surface area contributed by atoms with E-state index in [9.17, 15) is 14.0 Å². The van der Waals surface area contributed by atoms with Crippen LogP contribution >= 0.6 is 0 Å². The minimum absolute atomic E-state index is 0.217. The number of cyclic esters (lactones) is 2. The summed E-state index contributed by atoms with van der Waals surface area (Å²) < 4.78 is 28.5. The van der Waals surface area contributed by atoms with E-state index in [1.165, 1.54) is 32.2 Å². The average Bonchev–Trinajstić information content (AvgIpc) is 2.60. The van der Waals surface area contributed by atoms with E-state index < -0.39 is 17.7 Å². The quantitative estimate of drug-likeness (QED) is 0.492. The molecule has 140 valence electrons. The van der Waals surface area contributed by atoms with Gasteiger partial charge in [-0.1, -0.05) is 12.1 Å². The zero-order valence-electron chi connectivity index (χ0n) is 14.8. The second-order valence-electron chi connectivity index (χ2n) is 6.32. The minimum Gasteiger partial charge on any atom is -0.489 e. The van der Waals surface area contributed by atoms with Crippen LogP contribution in [0.3, 0.4) is 0 Å². The molecule has 1 fully saturated rings. The van der Waals surface area contributed by atoms with Gasteiger partial charge in [0.05, 0.1) is 0 Å². The number of rotatable bonds is 5. The molecule has 1 aliphatic heterocycles. The Morgan fingerprint density at radius 2 is 1.59 bits per heavy atom. The second kappa shape index (κ2) is 7.49. The summed E-state index contributed by atoms with van der Waals surface area (Å²) in [5.74, 6) is -2.44. The number of carbonyl (C=O) groups is 2. The number of anilines is 1. The Morgan fingerprint density at radius 3 is 2.19 bits per heavy atom. The number of nitrogens with one attached hydrogen (secondary N) is 1. The summed E-state index contributed by atoms with van der Waals surface area (Å²) in [6.07, 6.45) is 1.24. The molecule has 0 bridgehead atoms. The lowest BCUT2D eigenvalue weighted by atomic mass is 10.2. The van der Waals surface area contributed by atoms with E-state index >= 15 is 0 Å². The summed E-state index contributed by atoms with van der Waals surface area (Å²) in [5, 5.41) is 2.85. The van der Waals surface area contributed by atoms with Crippen molar-refractivity contribution in [2.24, 2.45) is 0 Å². The minimum atomic E-state index is -1.27. The van der Waals surface area contributed by atoms with Crippen molar-refractivity contribution in [2.75, 3.05) is 5.32 Å². The molecule has 0 aliphatic carbocycles. The summed E-state index contributed by atoms with van der Waals surface area (Å²) in [6, 6.07) is 13.0. The molecule has 1 N–H and O–H groups in total. The molecular formula is C20H18FNO5. The fourth-order valence-electron chi connectivity index (χ4n) is 2.33. The van der Waals surface area contributed by atoms with Gasteiger partial charge in [0.1, 0.15) is 18.2 Å². The third-order valence-electron chi connectivity index (χ3n) is 3.67. The molecule has 0 amide bonds. The Bertz CT molecular complexity index is 850. The zero-order valence-corrected chi connectivity index (χ0v) is 14.8. The van der Waals surface area contributed by atoms with Gasteiger partial charge in [0, 0.05) is 25.7 Å². The normalized spacial score (nSPS) is 15.6. The largest absolute Gasteiger partial charge is 0.489 e. The van der Waals surface area contributed by atoms with E-state index in [4.69, 9.17) is 14.2 Å². The molecule has 2 aromatic rings. The van der Waals surface area contributed by atoms with Gasteiger partial charge in [0.25, 0.3) is 5.79 Å². The number of halogens is 1. The predicted molar refractivity (Wildman–Crippen MR) is 95.1 cm³/mol. The van der Waals surface area contributed by atoms with Crippen LogP contribution in [0.5, 0.6) is 5.75 Å². The maximum absolute atomic E-state index is 12.9. The number of carbonyl (C=O) groups excluding carboxylic acids is 2. The number of hydrogen-bond acceptors (Lipinski definition) is 6. The van der Waals surface area contributed by atoms with Crippen molar-refractivity contribution in [1.82, 2.24) is 0 Å². The van der Waals surface area contributed by atoms with Gasteiger partial charge in [-0.2, -0.15) is 0 Å². The van der Waals surface area contributed by atoms with Crippen LogP contribution in [0, 0.1) is 5.82 Å². The van der Waals surface area contributed by atoms with Crippen molar-refractivity contribution in [2.45, 2.75) is 26.2 Å². The maximum Gasteiger partial charge on any atom is 0.350 e. The first kappa shape index (κ1) is 18.4. The lowest BCUT2D eigenvalue weighted by molar-refractivity contribution is -0.222. The van der Waals surface area contributed by atoms with E-state index in [-0.39, 0.29) is 11.4 Å². The van der Waals surface area contributed by atoms with Crippen LogP contribution in [0.25, 0.3) is 0 Å². The number of benzene rings is 2. The highest BCUT2D eigenvalue weighted by atomic mass is 19.1. The van der Waals surface area contributed by atoms with Gasteiger partial charge in [0.15, 0.2) is 5.57 Å². The van der Waals surface area contributed by atoms with Crippen LogP contribution < -0.4 is 10.1 Å². The first-order valence-corrected chi connectivity index (χ1v) is 8.23. The van der Waals surface area contributed by atoms with Crippen molar-refractivity contribution in [3.8, 4) is 5.75 Å². The van der Waals surface area contributed by atoms with Gasteiger partial charge in [-0.3, -0.25) is 0 Å². The lowest BCUT2D eigenvalue weighted by Gasteiger charge is -2.29. The van der Waals surface area contributed by atoms with Gasteiger partial charge in [-0.05, 0) is 42.0 Å². The van der Waals surface area contributed by atoms with Crippen LogP contribution in [0.1, 0.15) is 19.4 Å². The van der Waals surface area contributed by atoms with Crippen molar-refractivity contribution < 1.29 is 28.2 Å². The summed E-state index contributed by atoms with van der Waals surface area (Å²) in [6.45, 7) is 3.28. The Kier molecular flexibility index (Phi) is 5.12. The Labute approximate surface area is 155 Å². The average molecular weight is 371 g/mol. The molecule has 27 heavy (non-hydrogen) atoms. The van der Waals surface area contributed by atoms with Gasteiger partial charge in [-0.25, -0.2) is 14.0 Å². The van der Waals surface area contributed by atoms with E-state index in [2.05, 4.69) is 5.32 Å². The number of esters is 2. The van der Waals surface area contributed by atoms with E-state index in [1.807, 2.05) is 0 Å². The standard InChI is InChI=1S/C20H18FNO5/c1-20(2)26-18(23)17(19(24)27-20)11-22-15-7-9-16(10-8-15)25-12-13-3-5-14(21)6-4-13/h3-11,22H,12H2,1-2H3. The van der Waals surface area contributed by atoms with Crippen molar-refractivity contribution in [1.29, 1.82) is 0 Å². The highest BCUT2D eigenvalue weighted by Crippen LogP contribution is 2.23. The van der Waals surface area contributed by atoms with Gasteiger partial charge >= 0.3 is 11.9 Å². The highest BCUT2D eigenvalue weighted by Gasteiger charge is 2.38. The molecule has 0 saturated carbocycles. The molecule has 7 heteroatoms. The predicted octanol–water partition coefficient (Wildman–Crippen LogP) is 3.54. The van der Waals surface area contributed by atoms with Crippen molar-refractivity contribution >= 4 is 17.6 Å². The van der Waals surface area contributed by atoms with Crippen LogP contribution in [0.4, 0.5) is 10.1 Å². The van der Waals surface area contributed by atoms with Crippen molar-refractivity contribution in [3.05, 3.63) is 71.7 Å². The van der Waals surface area contributed by atoms with Crippen LogP contribution in [0.2, 0.25) is 0 Å². The Balaban J connectivity index is 1.58. The summed E-state index contributed by atoms with van der Waals surface area (Å²) in [4.78, 5) is 23.7.